The number of aromatic carboxylic acids is 1. The first-order valence-electron chi connectivity index (χ1n) is 6.67. The molecule has 1 aliphatic rings. The van der Waals surface area contributed by atoms with Gasteiger partial charge in [-0.15, -0.1) is 11.3 Å². The Balaban J connectivity index is 1.98. The van der Waals surface area contributed by atoms with E-state index >= 15 is 0 Å². The third-order valence-electron chi connectivity index (χ3n) is 3.35. The summed E-state index contributed by atoms with van der Waals surface area (Å²) in [6, 6.07) is 0. The standard InChI is InChI=1S/C13H20N2O3S/c1-3-9-5-15(6-10(4-2)18-9)7-12-14-11(8-19-12)13(16)17/h8-10H,3-7H2,1-2H3,(H,16,17). The fourth-order valence-corrected chi connectivity index (χ4v) is 3.07. The van der Waals surface area contributed by atoms with Crippen molar-refractivity contribution in [1.29, 1.82) is 0 Å². The molecule has 2 rings (SSSR count). The predicted octanol–water partition coefficient (Wildman–Crippen LogP) is 2.23. The second-order valence-corrected chi connectivity index (χ2v) is 5.76. The molecule has 1 saturated heterocycles. The van der Waals surface area contributed by atoms with Crippen LogP contribution in [0.2, 0.25) is 0 Å². The van der Waals surface area contributed by atoms with Gasteiger partial charge in [0, 0.05) is 18.5 Å². The molecule has 0 aliphatic carbocycles. The van der Waals surface area contributed by atoms with Crippen molar-refractivity contribution in [3.63, 3.8) is 0 Å². The zero-order valence-electron chi connectivity index (χ0n) is 11.3. The van der Waals surface area contributed by atoms with E-state index in [1.807, 2.05) is 0 Å². The number of carbonyl (C=O) groups is 1. The van der Waals surface area contributed by atoms with Gasteiger partial charge in [-0.3, -0.25) is 4.90 Å². The van der Waals surface area contributed by atoms with E-state index in [0.29, 0.717) is 6.54 Å². The van der Waals surface area contributed by atoms with Crippen molar-refractivity contribution < 1.29 is 14.6 Å². The maximum absolute atomic E-state index is 10.8. The van der Waals surface area contributed by atoms with Crippen molar-refractivity contribution in [2.75, 3.05) is 13.1 Å². The average Bonchev–Trinajstić information content (AvgIpc) is 2.87. The third kappa shape index (κ3) is 3.75. The van der Waals surface area contributed by atoms with Gasteiger partial charge in [-0.2, -0.15) is 0 Å². The van der Waals surface area contributed by atoms with Crippen LogP contribution < -0.4 is 0 Å². The van der Waals surface area contributed by atoms with Crippen LogP contribution in [0.25, 0.3) is 0 Å². The Bertz CT molecular complexity index is 423. The lowest BCUT2D eigenvalue weighted by Crippen LogP contribution is -2.46. The summed E-state index contributed by atoms with van der Waals surface area (Å²) in [6.07, 6.45) is 2.56. The normalized spacial score (nSPS) is 24.5. The molecule has 0 aromatic carbocycles. The average molecular weight is 284 g/mol. The summed E-state index contributed by atoms with van der Waals surface area (Å²) in [5, 5.41) is 11.3. The van der Waals surface area contributed by atoms with E-state index in [4.69, 9.17) is 9.84 Å². The summed E-state index contributed by atoms with van der Waals surface area (Å²) in [5.41, 5.74) is 0.146. The molecule has 1 N–H and O–H groups in total. The van der Waals surface area contributed by atoms with E-state index in [9.17, 15) is 4.79 Å². The van der Waals surface area contributed by atoms with Crippen LogP contribution in [0.15, 0.2) is 5.38 Å². The molecular formula is C13H20N2O3S. The minimum absolute atomic E-state index is 0.146. The largest absolute Gasteiger partial charge is 0.476 e. The first-order valence-corrected chi connectivity index (χ1v) is 7.55. The second-order valence-electron chi connectivity index (χ2n) is 4.82. The molecule has 1 aromatic rings. The monoisotopic (exact) mass is 284 g/mol. The minimum atomic E-state index is -0.956. The highest BCUT2D eigenvalue weighted by molar-refractivity contribution is 7.09. The van der Waals surface area contributed by atoms with Crippen molar-refractivity contribution in [2.45, 2.75) is 45.4 Å². The number of rotatable bonds is 5. The summed E-state index contributed by atoms with van der Waals surface area (Å²) >= 11 is 1.41. The molecule has 1 aliphatic heterocycles. The second kappa shape index (κ2) is 6.45. The SMILES string of the molecule is CCC1CN(Cc2nc(C(=O)O)cs2)CC(CC)O1. The van der Waals surface area contributed by atoms with Crippen LogP contribution in [-0.2, 0) is 11.3 Å². The Morgan fingerprint density at radius 2 is 2.11 bits per heavy atom. The van der Waals surface area contributed by atoms with E-state index in [0.717, 1.165) is 30.9 Å². The molecule has 6 heteroatoms. The van der Waals surface area contributed by atoms with Gasteiger partial charge < -0.3 is 9.84 Å². The number of ether oxygens (including phenoxy) is 1. The summed E-state index contributed by atoms with van der Waals surface area (Å²) in [7, 11) is 0. The van der Waals surface area contributed by atoms with Gasteiger partial charge in [0.25, 0.3) is 0 Å². The minimum Gasteiger partial charge on any atom is -0.476 e. The van der Waals surface area contributed by atoms with Gasteiger partial charge in [0.05, 0.1) is 18.8 Å². The number of thiazole rings is 1. The molecule has 0 amide bonds. The predicted molar refractivity (Wildman–Crippen MR) is 73.6 cm³/mol. The van der Waals surface area contributed by atoms with E-state index in [1.54, 1.807) is 5.38 Å². The summed E-state index contributed by atoms with van der Waals surface area (Å²) < 4.78 is 5.94. The van der Waals surface area contributed by atoms with E-state index in [-0.39, 0.29) is 17.9 Å². The molecule has 0 saturated carbocycles. The molecule has 5 nitrogen and oxygen atoms in total. The van der Waals surface area contributed by atoms with Gasteiger partial charge >= 0.3 is 5.97 Å². The van der Waals surface area contributed by atoms with Gasteiger partial charge in [-0.05, 0) is 12.8 Å². The van der Waals surface area contributed by atoms with E-state index < -0.39 is 5.97 Å². The first-order chi connectivity index (χ1) is 9.12. The highest BCUT2D eigenvalue weighted by Gasteiger charge is 2.26. The number of hydrogen-bond donors (Lipinski definition) is 1. The van der Waals surface area contributed by atoms with Crippen LogP contribution in [0.3, 0.4) is 0 Å². The number of hydrogen-bond acceptors (Lipinski definition) is 5. The van der Waals surface area contributed by atoms with Gasteiger partial charge in [-0.1, -0.05) is 13.8 Å². The van der Waals surface area contributed by atoms with Crippen molar-refractivity contribution in [1.82, 2.24) is 9.88 Å². The molecule has 0 radical (unpaired) electrons. The molecule has 0 bridgehead atoms. The molecule has 2 atom stereocenters. The van der Waals surface area contributed by atoms with Crippen LogP contribution >= 0.6 is 11.3 Å². The van der Waals surface area contributed by atoms with Gasteiger partial charge in [-0.25, -0.2) is 9.78 Å². The lowest BCUT2D eigenvalue weighted by Gasteiger charge is -2.37. The van der Waals surface area contributed by atoms with Crippen LogP contribution in [0.1, 0.15) is 42.2 Å². The van der Waals surface area contributed by atoms with Gasteiger partial charge in [0.1, 0.15) is 5.01 Å². The number of aromatic nitrogens is 1. The van der Waals surface area contributed by atoms with Crippen molar-refractivity contribution in [3.8, 4) is 0 Å². The quantitative estimate of drug-likeness (QED) is 0.898. The molecular weight excluding hydrogens is 264 g/mol. The zero-order chi connectivity index (χ0) is 13.8. The molecule has 19 heavy (non-hydrogen) atoms. The number of carboxylic acids is 1. The topological polar surface area (TPSA) is 62.7 Å². The van der Waals surface area contributed by atoms with Crippen molar-refractivity contribution >= 4 is 17.3 Å². The molecule has 2 unspecified atom stereocenters. The molecule has 1 fully saturated rings. The van der Waals surface area contributed by atoms with E-state index in [1.165, 1.54) is 11.3 Å². The molecule has 2 heterocycles. The smallest absolute Gasteiger partial charge is 0.355 e. The Hall–Kier alpha value is -0.980. The fourth-order valence-electron chi connectivity index (χ4n) is 2.26. The number of nitrogens with zero attached hydrogens (tertiary/aromatic N) is 2. The zero-order valence-corrected chi connectivity index (χ0v) is 12.2. The number of morpholine rings is 1. The summed E-state index contributed by atoms with van der Waals surface area (Å²) in [5.74, 6) is -0.956. The molecule has 1 aromatic heterocycles. The van der Waals surface area contributed by atoms with Gasteiger partial charge in [0.2, 0.25) is 0 Å². The van der Waals surface area contributed by atoms with E-state index in [2.05, 4.69) is 23.7 Å². The summed E-state index contributed by atoms with van der Waals surface area (Å²) in [6.45, 7) is 6.78. The van der Waals surface area contributed by atoms with Gasteiger partial charge in [0.15, 0.2) is 5.69 Å². The fraction of sp³-hybridized carbons (Fsp3) is 0.692. The van der Waals surface area contributed by atoms with Crippen LogP contribution in [-0.4, -0.2) is 46.3 Å². The Kier molecular flexibility index (Phi) is 4.90. The summed E-state index contributed by atoms with van der Waals surface area (Å²) in [4.78, 5) is 17.3. The Morgan fingerprint density at radius 1 is 1.47 bits per heavy atom. The first kappa shape index (κ1) is 14.4. The Morgan fingerprint density at radius 3 is 2.58 bits per heavy atom. The van der Waals surface area contributed by atoms with Crippen LogP contribution in [0.5, 0.6) is 0 Å². The molecule has 106 valence electrons. The maximum Gasteiger partial charge on any atom is 0.355 e. The highest BCUT2D eigenvalue weighted by atomic mass is 32.1. The van der Waals surface area contributed by atoms with Crippen molar-refractivity contribution in [2.24, 2.45) is 0 Å². The lowest BCUT2D eigenvalue weighted by molar-refractivity contribution is -0.0893. The highest BCUT2D eigenvalue weighted by Crippen LogP contribution is 2.19. The number of carboxylic acid groups (broad SMARTS) is 1. The van der Waals surface area contributed by atoms with Crippen LogP contribution in [0.4, 0.5) is 0 Å². The maximum atomic E-state index is 10.8. The lowest BCUT2D eigenvalue weighted by atomic mass is 10.1. The third-order valence-corrected chi connectivity index (χ3v) is 4.18. The van der Waals surface area contributed by atoms with Crippen molar-refractivity contribution in [3.05, 3.63) is 16.1 Å². The molecule has 0 spiro atoms. The Labute approximate surface area is 117 Å². The van der Waals surface area contributed by atoms with Crippen LogP contribution in [0, 0.1) is 0 Å².